The summed E-state index contributed by atoms with van der Waals surface area (Å²) < 4.78 is 5.61. The van der Waals surface area contributed by atoms with Gasteiger partial charge < -0.3 is 15.8 Å². The van der Waals surface area contributed by atoms with E-state index in [1.165, 1.54) is 0 Å². The van der Waals surface area contributed by atoms with E-state index in [1.807, 2.05) is 0 Å². The molecule has 82 valence electrons. The third-order valence-electron chi connectivity index (χ3n) is 2.48. The molecule has 1 saturated heterocycles. The largest absolute Gasteiger partial charge is 0.375 e. The molecule has 3 N–H and O–H groups in total. The topological polar surface area (TPSA) is 64.4 Å². The van der Waals surface area contributed by atoms with Crippen LogP contribution in [0.3, 0.4) is 0 Å². The first-order valence-corrected chi connectivity index (χ1v) is 5.34. The second-order valence-electron chi connectivity index (χ2n) is 3.82. The molecule has 1 heterocycles. The monoisotopic (exact) mass is 200 g/mol. The van der Waals surface area contributed by atoms with Crippen molar-refractivity contribution in [2.45, 2.75) is 44.8 Å². The van der Waals surface area contributed by atoms with E-state index in [4.69, 9.17) is 10.5 Å². The third-order valence-corrected chi connectivity index (χ3v) is 2.48. The van der Waals surface area contributed by atoms with Gasteiger partial charge >= 0.3 is 0 Å². The number of ether oxygens (including phenoxy) is 1. The van der Waals surface area contributed by atoms with Crippen molar-refractivity contribution in [2.24, 2.45) is 5.73 Å². The van der Waals surface area contributed by atoms with Gasteiger partial charge in [-0.2, -0.15) is 0 Å². The van der Waals surface area contributed by atoms with E-state index in [-0.39, 0.29) is 12.0 Å². The van der Waals surface area contributed by atoms with Gasteiger partial charge in [-0.15, -0.1) is 0 Å². The second-order valence-corrected chi connectivity index (χ2v) is 3.82. The van der Waals surface area contributed by atoms with Crippen LogP contribution in [0, 0.1) is 0 Å². The van der Waals surface area contributed by atoms with Crippen molar-refractivity contribution >= 4 is 5.91 Å². The van der Waals surface area contributed by atoms with Crippen LogP contribution in [0.15, 0.2) is 0 Å². The van der Waals surface area contributed by atoms with Crippen LogP contribution in [0.2, 0.25) is 0 Å². The van der Waals surface area contributed by atoms with Crippen LogP contribution in [0.5, 0.6) is 0 Å². The Balaban J connectivity index is 2.05. The molecular weight excluding hydrogens is 180 g/mol. The Bertz CT molecular complexity index is 185. The van der Waals surface area contributed by atoms with Crippen LogP contribution in [0.25, 0.3) is 0 Å². The molecule has 0 bridgehead atoms. The van der Waals surface area contributed by atoms with Gasteiger partial charge in [0, 0.05) is 19.5 Å². The molecule has 1 aliphatic heterocycles. The van der Waals surface area contributed by atoms with Gasteiger partial charge in [0.15, 0.2) is 0 Å². The number of rotatable bonds is 5. The number of hydrogen-bond acceptors (Lipinski definition) is 3. The minimum absolute atomic E-state index is 0.0820. The standard InChI is InChI=1S/C10H20N2O2/c1-8-2-3-9(14-8)4-5-10(13)12-7-6-11/h8-9H,2-7,11H2,1H3,(H,12,13). The Hall–Kier alpha value is -0.610. The summed E-state index contributed by atoms with van der Waals surface area (Å²) in [5, 5.41) is 2.75. The lowest BCUT2D eigenvalue weighted by Gasteiger charge is -2.10. The fraction of sp³-hybridized carbons (Fsp3) is 0.900. The van der Waals surface area contributed by atoms with E-state index >= 15 is 0 Å². The lowest BCUT2D eigenvalue weighted by Crippen LogP contribution is -2.29. The number of carbonyl (C=O) groups excluding carboxylic acids is 1. The molecule has 0 spiro atoms. The van der Waals surface area contributed by atoms with E-state index < -0.39 is 0 Å². The molecule has 0 aromatic rings. The van der Waals surface area contributed by atoms with Gasteiger partial charge in [-0.25, -0.2) is 0 Å². The first-order valence-electron chi connectivity index (χ1n) is 5.34. The number of nitrogens with one attached hydrogen (secondary N) is 1. The highest BCUT2D eigenvalue weighted by atomic mass is 16.5. The average molecular weight is 200 g/mol. The predicted molar refractivity (Wildman–Crippen MR) is 54.9 cm³/mol. The third kappa shape index (κ3) is 4.07. The summed E-state index contributed by atoms with van der Waals surface area (Å²) in [5.74, 6) is 0.0820. The van der Waals surface area contributed by atoms with Crippen molar-refractivity contribution in [1.82, 2.24) is 5.32 Å². The van der Waals surface area contributed by atoms with Gasteiger partial charge in [0.2, 0.25) is 5.91 Å². The van der Waals surface area contributed by atoms with Crippen LogP contribution < -0.4 is 11.1 Å². The molecule has 0 saturated carbocycles. The summed E-state index contributed by atoms with van der Waals surface area (Å²) in [7, 11) is 0. The van der Waals surface area contributed by atoms with Gasteiger partial charge in [0.05, 0.1) is 12.2 Å². The van der Waals surface area contributed by atoms with Crippen LogP contribution >= 0.6 is 0 Å². The summed E-state index contributed by atoms with van der Waals surface area (Å²) in [6, 6.07) is 0. The van der Waals surface area contributed by atoms with Crippen LogP contribution in [0.4, 0.5) is 0 Å². The molecule has 1 amide bonds. The first-order chi connectivity index (χ1) is 6.72. The average Bonchev–Trinajstić information content (AvgIpc) is 2.58. The molecule has 4 nitrogen and oxygen atoms in total. The molecule has 1 aliphatic rings. The van der Waals surface area contributed by atoms with Crippen LogP contribution in [-0.4, -0.2) is 31.2 Å². The van der Waals surface area contributed by atoms with Crippen molar-refractivity contribution in [1.29, 1.82) is 0 Å². The van der Waals surface area contributed by atoms with E-state index in [9.17, 15) is 4.79 Å². The molecular formula is C10H20N2O2. The van der Waals surface area contributed by atoms with E-state index in [0.717, 1.165) is 19.3 Å². The minimum atomic E-state index is 0.0820. The van der Waals surface area contributed by atoms with E-state index in [1.54, 1.807) is 0 Å². The molecule has 1 rings (SSSR count). The normalized spacial score (nSPS) is 26.4. The maximum atomic E-state index is 11.2. The maximum Gasteiger partial charge on any atom is 0.220 e. The van der Waals surface area contributed by atoms with E-state index in [0.29, 0.717) is 25.6 Å². The molecule has 0 radical (unpaired) electrons. The molecule has 0 aliphatic carbocycles. The quantitative estimate of drug-likeness (QED) is 0.675. The molecule has 2 atom stereocenters. The smallest absolute Gasteiger partial charge is 0.220 e. The highest BCUT2D eigenvalue weighted by Gasteiger charge is 2.21. The molecule has 1 fully saturated rings. The number of nitrogens with two attached hydrogens (primary N) is 1. The number of hydrogen-bond donors (Lipinski definition) is 2. The van der Waals surface area contributed by atoms with Crippen LogP contribution in [0.1, 0.15) is 32.6 Å². The lowest BCUT2D eigenvalue weighted by atomic mass is 10.1. The SMILES string of the molecule is CC1CCC(CCC(=O)NCCN)O1. The summed E-state index contributed by atoms with van der Waals surface area (Å²) in [5.41, 5.74) is 5.27. The summed E-state index contributed by atoms with van der Waals surface area (Å²) >= 11 is 0. The first kappa shape index (κ1) is 11.5. The Kier molecular flexibility index (Phi) is 4.90. The van der Waals surface area contributed by atoms with Crippen molar-refractivity contribution in [3.8, 4) is 0 Å². The minimum Gasteiger partial charge on any atom is -0.375 e. The van der Waals surface area contributed by atoms with Crippen molar-refractivity contribution in [2.75, 3.05) is 13.1 Å². The second kappa shape index (κ2) is 5.98. The number of amides is 1. The summed E-state index contributed by atoms with van der Waals surface area (Å²) in [6.45, 7) is 3.15. The molecule has 4 heteroatoms. The molecule has 0 aromatic carbocycles. The zero-order valence-corrected chi connectivity index (χ0v) is 8.79. The van der Waals surface area contributed by atoms with Gasteiger partial charge in [-0.05, 0) is 26.2 Å². The van der Waals surface area contributed by atoms with Crippen molar-refractivity contribution in [3.05, 3.63) is 0 Å². The zero-order valence-electron chi connectivity index (χ0n) is 8.79. The van der Waals surface area contributed by atoms with Gasteiger partial charge in [-0.3, -0.25) is 4.79 Å². The summed E-state index contributed by atoms with van der Waals surface area (Å²) in [4.78, 5) is 11.2. The Morgan fingerprint density at radius 1 is 1.57 bits per heavy atom. The van der Waals surface area contributed by atoms with Crippen molar-refractivity contribution < 1.29 is 9.53 Å². The molecule has 0 aromatic heterocycles. The highest BCUT2D eigenvalue weighted by Crippen LogP contribution is 2.22. The van der Waals surface area contributed by atoms with Crippen molar-refractivity contribution in [3.63, 3.8) is 0 Å². The van der Waals surface area contributed by atoms with Gasteiger partial charge in [0.1, 0.15) is 0 Å². The lowest BCUT2D eigenvalue weighted by molar-refractivity contribution is -0.121. The Labute approximate surface area is 85.2 Å². The zero-order chi connectivity index (χ0) is 10.4. The molecule has 14 heavy (non-hydrogen) atoms. The van der Waals surface area contributed by atoms with Gasteiger partial charge in [-0.1, -0.05) is 0 Å². The Morgan fingerprint density at radius 2 is 2.36 bits per heavy atom. The van der Waals surface area contributed by atoms with E-state index in [2.05, 4.69) is 12.2 Å². The molecule has 2 unspecified atom stereocenters. The highest BCUT2D eigenvalue weighted by molar-refractivity contribution is 5.75. The van der Waals surface area contributed by atoms with Gasteiger partial charge in [0.25, 0.3) is 0 Å². The number of carbonyl (C=O) groups is 1. The summed E-state index contributed by atoms with van der Waals surface area (Å²) in [6.07, 6.45) is 4.25. The fourth-order valence-electron chi connectivity index (χ4n) is 1.69. The predicted octanol–water partition coefficient (Wildman–Crippen LogP) is 0.409. The Morgan fingerprint density at radius 3 is 2.93 bits per heavy atom. The van der Waals surface area contributed by atoms with Crippen LogP contribution in [-0.2, 0) is 9.53 Å². The maximum absolute atomic E-state index is 11.2. The fourth-order valence-corrected chi connectivity index (χ4v) is 1.69.